The number of hydrogen-bond donors (Lipinski definition) is 0. The molecule has 3 rings (SSSR count). The highest BCUT2D eigenvalue weighted by molar-refractivity contribution is 7.89. The van der Waals surface area contributed by atoms with Crippen LogP contribution in [0, 0.1) is 13.8 Å². The Kier molecular flexibility index (Phi) is 5.12. The fourth-order valence-corrected chi connectivity index (χ4v) is 4.85. The normalized spacial score (nSPS) is 18.4. The molecule has 1 heterocycles. The molecule has 2 aromatic rings. The van der Waals surface area contributed by atoms with Crippen LogP contribution in [0.5, 0.6) is 0 Å². The molecule has 1 aliphatic rings. The Labute approximate surface area is 155 Å². The van der Waals surface area contributed by atoms with E-state index in [1.165, 1.54) is 11.2 Å². The van der Waals surface area contributed by atoms with Gasteiger partial charge in [0.1, 0.15) is 0 Å². The van der Waals surface area contributed by atoms with E-state index in [0.29, 0.717) is 12.0 Å². The number of ketones is 1. The molecule has 0 unspecified atom stereocenters. The third-order valence-electron chi connectivity index (χ3n) is 4.77. The van der Waals surface area contributed by atoms with Gasteiger partial charge in [-0.05, 0) is 44.9 Å². The third-order valence-corrected chi connectivity index (χ3v) is 6.64. The molecular weight excluding hydrogens is 346 g/mol. The van der Waals surface area contributed by atoms with Crippen molar-refractivity contribution in [2.45, 2.75) is 38.1 Å². The molecule has 1 atom stereocenters. The monoisotopic (exact) mass is 369 g/mol. The van der Waals surface area contributed by atoms with E-state index in [2.05, 4.69) is 0 Å². The van der Waals surface area contributed by atoms with Crippen LogP contribution in [0.2, 0.25) is 0 Å². The quantitative estimate of drug-likeness (QED) is 0.820. The first-order valence-corrected chi connectivity index (χ1v) is 10.1. The van der Waals surface area contributed by atoms with Crippen molar-refractivity contribution in [3.8, 4) is 0 Å². The van der Waals surface area contributed by atoms with Gasteiger partial charge in [-0.15, -0.1) is 0 Å². The molecule has 0 fully saturated rings. The van der Waals surface area contributed by atoms with Gasteiger partial charge in [-0.2, -0.15) is 4.31 Å². The van der Waals surface area contributed by atoms with E-state index < -0.39 is 10.0 Å². The zero-order chi connectivity index (χ0) is 18.9. The molecule has 0 spiro atoms. The van der Waals surface area contributed by atoms with Crippen molar-refractivity contribution in [1.82, 2.24) is 4.31 Å². The SMILES string of the molecule is CC(=O)C1=CC[C@@H](c2cccc(C)c2)N(S(=O)(=O)c2ccc(C)cc2)C1. The molecule has 0 aromatic heterocycles. The number of carbonyl (C=O) groups excluding carboxylic acids is 1. The van der Waals surface area contributed by atoms with Gasteiger partial charge < -0.3 is 0 Å². The number of sulfonamides is 1. The summed E-state index contributed by atoms with van der Waals surface area (Å²) in [5, 5.41) is 0. The second-order valence-corrected chi connectivity index (χ2v) is 8.71. The molecule has 4 nitrogen and oxygen atoms in total. The highest BCUT2D eigenvalue weighted by Gasteiger charge is 2.35. The number of carbonyl (C=O) groups is 1. The van der Waals surface area contributed by atoms with Crippen LogP contribution in [0.25, 0.3) is 0 Å². The molecule has 1 aliphatic heterocycles. The average molecular weight is 369 g/mol. The Balaban J connectivity index is 2.08. The van der Waals surface area contributed by atoms with Gasteiger partial charge in [0.15, 0.2) is 5.78 Å². The molecule has 26 heavy (non-hydrogen) atoms. The van der Waals surface area contributed by atoms with E-state index in [0.717, 1.165) is 16.7 Å². The summed E-state index contributed by atoms with van der Waals surface area (Å²) in [6.45, 7) is 5.49. The van der Waals surface area contributed by atoms with Crippen LogP contribution in [0.1, 0.15) is 36.1 Å². The van der Waals surface area contributed by atoms with Gasteiger partial charge in [0.2, 0.25) is 10.0 Å². The summed E-state index contributed by atoms with van der Waals surface area (Å²) >= 11 is 0. The van der Waals surface area contributed by atoms with Crippen LogP contribution < -0.4 is 0 Å². The number of hydrogen-bond acceptors (Lipinski definition) is 3. The van der Waals surface area contributed by atoms with Crippen molar-refractivity contribution in [1.29, 1.82) is 0 Å². The summed E-state index contributed by atoms with van der Waals surface area (Å²) in [5.74, 6) is -0.0863. The van der Waals surface area contributed by atoms with E-state index >= 15 is 0 Å². The summed E-state index contributed by atoms with van der Waals surface area (Å²) < 4.78 is 28.1. The largest absolute Gasteiger partial charge is 0.295 e. The van der Waals surface area contributed by atoms with E-state index in [1.807, 2.05) is 44.2 Å². The van der Waals surface area contributed by atoms with Crippen molar-refractivity contribution >= 4 is 15.8 Å². The van der Waals surface area contributed by atoms with E-state index in [1.54, 1.807) is 24.3 Å². The first-order valence-electron chi connectivity index (χ1n) is 8.64. The lowest BCUT2D eigenvalue weighted by Crippen LogP contribution is -2.39. The highest BCUT2D eigenvalue weighted by atomic mass is 32.2. The lowest BCUT2D eigenvalue weighted by molar-refractivity contribution is -0.113. The topological polar surface area (TPSA) is 54.5 Å². The van der Waals surface area contributed by atoms with Crippen molar-refractivity contribution < 1.29 is 13.2 Å². The van der Waals surface area contributed by atoms with Crippen LogP contribution in [0.15, 0.2) is 65.1 Å². The Morgan fingerprint density at radius 2 is 1.73 bits per heavy atom. The molecular formula is C21H23NO3S. The van der Waals surface area contributed by atoms with E-state index in [-0.39, 0.29) is 23.3 Å². The average Bonchev–Trinajstić information content (AvgIpc) is 2.61. The molecule has 5 heteroatoms. The number of benzene rings is 2. The third kappa shape index (κ3) is 3.64. The molecule has 0 radical (unpaired) electrons. The van der Waals surface area contributed by atoms with Crippen LogP contribution in [-0.4, -0.2) is 25.1 Å². The summed E-state index contributed by atoms with van der Waals surface area (Å²) in [4.78, 5) is 12.1. The Bertz CT molecular complexity index is 959. The summed E-state index contributed by atoms with van der Waals surface area (Å²) in [6, 6.07) is 14.4. The van der Waals surface area contributed by atoms with Crippen molar-refractivity contribution in [2.75, 3.05) is 6.54 Å². The van der Waals surface area contributed by atoms with E-state index in [9.17, 15) is 13.2 Å². The summed E-state index contributed by atoms with van der Waals surface area (Å²) in [5.41, 5.74) is 3.57. The van der Waals surface area contributed by atoms with Gasteiger partial charge >= 0.3 is 0 Å². The van der Waals surface area contributed by atoms with Crippen molar-refractivity contribution in [2.24, 2.45) is 0 Å². The predicted molar refractivity (Wildman–Crippen MR) is 102 cm³/mol. The maximum atomic E-state index is 13.3. The number of nitrogens with zero attached hydrogens (tertiary/aromatic N) is 1. The minimum Gasteiger partial charge on any atom is -0.295 e. The van der Waals surface area contributed by atoms with Crippen molar-refractivity contribution in [3.63, 3.8) is 0 Å². The molecule has 2 aromatic carbocycles. The second kappa shape index (κ2) is 7.17. The summed E-state index contributed by atoms with van der Waals surface area (Å²) in [7, 11) is -3.72. The number of rotatable bonds is 4. The fraction of sp³-hybridized carbons (Fsp3) is 0.286. The van der Waals surface area contributed by atoms with Crippen LogP contribution >= 0.6 is 0 Å². The summed E-state index contributed by atoms with van der Waals surface area (Å²) in [6.07, 6.45) is 2.36. The smallest absolute Gasteiger partial charge is 0.243 e. The first-order chi connectivity index (χ1) is 12.3. The van der Waals surface area contributed by atoms with Gasteiger partial charge in [0.25, 0.3) is 0 Å². The lowest BCUT2D eigenvalue weighted by Gasteiger charge is -2.34. The Morgan fingerprint density at radius 3 is 2.35 bits per heavy atom. The maximum Gasteiger partial charge on any atom is 0.243 e. The van der Waals surface area contributed by atoms with Gasteiger partial charge in [-0.25, -0.2) is 8.42 Å². The minimum absolute atomic E-state index is 0.0863. The fourth-order valence-electron chi connectivity index (χ4n) is 3.25. The number of aryl methyl sites for hydroxylation is 2. The Morgan fingerprint density at radius 1 is 1.04 bits per heavy atom. The highest BCUT2D eigenvalue weighted by Crippen LogP contribution is 2.35. The molecule has 0 saturated heterocycles. The first kappa shape index (κ1) is 18.5. The van der Waals surface area contributed by atoms with Crippen LogP contribution in [-0.2, 0) is 14.8 Å². The van der Waals surface area contributed by atoms with E-state index in [4.69, 9.17) is 0 Å². The Hall–Kier alpha value is -2.24. The zero-order valence-corrected chi connectivity index (χ0v) is 16.1. The number of Topliss-reactive ketones (excluding diaryl/α,β-unsaturated/α-hetero) is 1. The van der Waals surface area contributed by atoms with Crippen molar-refractivity contribution in [3.05, 3.63) is 76.9 Å². The molecule has 136 valence electrons. The zero-order valence-electron chi connectivity index (χ0n) is 15.3. The van der Waals surface area contributed by atoms with Gasteiger partial charge in [0, 0.05) is 12.1 Å². The van der Waals surface area contributed by atoms with Gasteiger partial charge in [-0.3, -0.25) is 4.79 Å². The molecule has 0 amide bonds. The molecule has 0 saturated carbocycles. The van der Waals surface area contributed by atoms with Crippen LogP contribution in [0.3, 0.4) is 0 Å². The van der Waals surface area contributed by atoms with Gasteiger partial charge in [-0.1, -0.05) is 53.6 Å². The minimum atomic E-state index is -3.72. The lowest BCUT2D eigenvalue weighted by atomic mass is 9.96. The standard InChI is InChI=1S/C21H23NO3S/c1-15-7-10-20(11-8-15)26(24,25)22-14-19(17(3)23)9-12-21(22)18-6-4-5-16(2)13-18/h4-11,13,21H,12,14H2,1-3H3/t21-/m0/s1. The molecule has 0 bridgehead atoms. The molecule has 0 N–H and O–H groups in total. The molecule has 0 aliphatic carbocycles. The van der Waals surface area contributed by atoms with Crippen LogP contribution in [0.4, 0.5) is 0 Å². The predicted octanol–water partition coefficient (Wildman–Crippen LogP) is 3.95. The second-order valence-electron chi connectivity index (χ2n) is 6.81. The van der Waals surface area contributed by atoms with Gasteiger partial charge in [0.05, 0.1) is 10.9 Å². The maximum absolute atomic E-state index is 13.3.